The number of amides is 4. The van der Waals surface area contributed by atoms with Crippen LogP contribution in [-0.2, 0) is 32.2 Å². The molecule has 0 unspecified atom stereocenters. The van der Waals surface area contributed by atoms with Gasteiger partial charge in [0.25, 0.3) is 5.91 Å². The molecule has 3 atom stereocenters. The van der Waals surface area contributed by atoms with E-state index in [-0.39, 0.29) is 31.0 Å². The molecule has 1 fully saturated rings. The minimum atomic E-state index is -1.25. The summed E-state index contributed by atoms with van der Waals surface area (Å²) in [6.07, 6.45) is -1.64. The summed E-state index contributed by atoms with van der Waals surface area (Å²) in [6, 6.07) is 11.9. The van der Waals surface area contributed by atoms with Gasteiger partial charge < -0.3 is 35.8 Å². The van der Waals surface area contributed by atoms with Gasteiger partial charge in [0.1, 0.15) is 24.4 Å². The Balaban J connectivity index is 1.45. The van der Waals surface area contributed by atoms with Gasteiger partial charge >= 0.3 is 0 Å². The van der Waals surface area contributed by atoms with Crippen molar-refractivity contribution in [3.63, 3.8) is 0 Å². The standard InChI is InChI=1S/C29H37N5O7/c1-19(35)26-29(39)30-10-13-41-24-5-3-2-4-22(24)27(37)32-23(16-25(36)33-26)28(38)31-17-20-6-8-21(9-7-20)18-34-11-14-40-15-12-34/h2-9,19,23,26,35H,10-18H2,1H3,(H,30,39)(H,31,38)(H,32,37)(H,33,36)/t19-,23+,26+/m1/s1. The third-order valence-electron chi connectivity index (χ3n) is 6.88. The van der Waals surface area contributed by atoms with E-state index >= 15 is 0 Å². The van der Waals surface area contributed by atoms with Crippen LogP contribution >= 0.6 is 0 Å². The Kier molecular flexibility index (Phi) is 10.7. The average molecular weight is 568 g/mol. The first-order chi connectivity index (χ1) is 19.8. The molecule has 1 saturated heterocycles. The molecule has 41 heavy (non-hydrogen) atoms. The molecule has 2 aromatic carbocycles. The highest BCUT2D eigenvalue weighted by atomic mass is 16.5. The third-order valence-corrected chi connectivity index (χ3v) is 6.88. The number of fused-ring (bicyclic) bond motifs is 1. The van der Waals surface area contributed by atoms with Crippen LogP contribution in [0.25, 0.3) is 0 Å². The number of carbonyl (C=O) groups is 4. The van der Waals surface area contributed by atoms with Gasteiger partial charge in [-0.25, -0.2) is 0 Å². The number of hydrogen-bond donors (Lipinski definition) is 5. The average Bonchev–Trinajstić information content (AvgIpc) is 2.97. The van der Waals surface area contributed by atoms with Crippen LogP contribution in [0.4, 0.5) is 0 Å². The quantitative estimate of drug-likeness (QED) is 0.318. The zero-order chi connectivity index (χ0) is 29.2. The Labute approximate surface area is 238 Å². The van der Waals surface area contributed by atoms with Crippen LogP contribution in [0, 0.1) is 0 Å². The van der Waals surface area contributed by atoms with Gasteiger partial charge in [0, 0.05) is 26.2 Å². The van der Waals surface area contributed by atoms with Crippen molar-refractivity contribution in [2.45, 2.75) is 44.6 Å². The van der Waals surface area contributed by atoms with Gasteiger partial charge in [-0.3, -0.25) is 24.1 Å². The fourth-order valence-corrected chi connectivity index (χ4v) is 4.59. The SMILES string of the molecule is C[C@@H](O)[C@@H]1NC(=O)C[C@@H](C(=O)NCc2ccc(CN3CCOCC3)cc2)NC(=O)c2ccccc2OCCNC1=O. The number of aliphatic hydroxyl groups is 1. The van der Waals surface area contributed by atoms with Crippen molar-refractivity contribution in [1.29, 1.82) is 0 Å². The molecule has 2 aromatic rings. The van der Waals surface area contributed by atoms with Gasteiger partial charge in [0.15, 0.2) is 0 Å². The van der Waals surface area contributed by atoms with E-state index < -0.39 is 48.2 Å². The van der Waals surface area contributed by atoms with Crippen molar-refractivity contribution >= 4 is 23.6 Å². The molecule has 0 saturated carbocycles. The van der Waals surface area contributed by atoms with Gasteiger partial charge in [0.05, 0.1) is 37.8 Å². The largest absolute Gasteiger partial charge is 0.491 e. The molecular weight excluding hydrogens is 530 g/mol. The van der Waals surface area contributed by atoms with E-state index in [1.807, 2.05) is 24.3 Å². The van der Waals surface area contributed by atoms with Crippen molar-refractivity contribution in [2.75, 3.05) is 39.5 Å². The van der Waals surface area contributed by atoms with Crippen molar-refractivity contribution in [3.05, 3.63) is 65.2 Å². The summed E-state index contributed by atoms with van der Waals surface area (Å²) < 4.78 is 11.1. The Bertz CT molecular complexity index is 1210. The Hall–Kier alpha value is -4.00. The molecule has 220 valence electrons. The lowest BCUT2D eigenvalue weighted by atomic mass is 10.1. The number of morpholine rings is 1. The molecule has 4 amide bonds. The van der Waals surface area contributed by atoms with Gasteiger partial charge in [0.2, 0.25) is 17.7 Å². The molecule has 0 bridgehead atoms. The lowest BCUT2D eigenvalue weighted by molar-refractivity contribution is -0.133. The highest BCUT2D eigenvalue weighted by Crippen LogP contribution is 2.18. The predicted molar refractivity (Wildman–Crippen MR) is 149 cm³/mol. The molecule has 2 aliphatic heterocycles. The smallest absolute Gasteiger partial charge is 0.255 e. The normalized spacial score (nSPS) is 21.7. The van der Waals surface area contributed by atoms with Crippen LogP contribution in [-0.4, -0.2) is 91.3 Å². The maximum Gasteiger partial charge on any atom is 0.255 e. The maximum atomic E-state index is 13.2. The van der Waals surface area contributed by atoms with E-state index in [0.717, 1.165) is 44.0 Å². The summed E-state index contributed by atoms with van der Waals surface area (Å²) in [5.41, 5.74) is 2.19. The molecule has 0 radical (unpaired) electrons. The van der Waals surface area contributed by atoms with Crippen LogP contribution < -0.4 is 26.0 Å². The predicted octanol–water partition coefficient (Wildman–Crippen LogP) is -0.302. The van der Waals surface area contributed by atoms with Gasteiger partial charge in [-0.15, -0.1) is 0 Å². The number of rotatable bonds is 6. The van der Waals surface area contributed by atoms with Crippen molar-refractivity contribution in [1.82, 2.24) is 26.2 Å². The fourth-order valence-electron chi connectivity index (χ4n) is 4.59. The molecule has 2 aliphatic rings. The molecule has 12 heteroatoms. The van der Waals surface area contributed by atoms with Gasteiger partial charge in [-0.2, -0.15) is 0 Å². The molecule has 0 aliphatic carbocycles. The Morgan fingerprint density at radius 1 is 1.02 bits per heavy atom. The Morgan fingerprint density at radius 2 is 1.73 bits per heavy atom. The zero-order valence-corrected chi connectivity index (χ0v) is 23.1. The summed E-state index contributed by atoms with van der Waals surface area (Å²) in [6.45, 7) is 5.74. The number of nitrogens with zero attached hydrogens (tertiary/aromatic N) is 1. The van der Waals surface area contributed by atoms with Crippen LogP contribution in [0.1, 0.15) is 34.8 Å². The van der Waals surface area contributed by atoms with E-state index in [0.29, 0.717) is 0 Å². The molecule has 2 heterocycles. The second-order valence-corrected chi connectivity index (χ2v) is 10.1. The molecule has 0 spiro atoms. The van der Waals surface area contributed by atoms with Crippen molar-refractivity contribution in [3.8, 4) is 5.75 Å². The lowest BCUT2D eigenvalue weighted by Crippen LogP contribution is -2.55. The first-order valence-electron chi connectivity index (χ1n) is 13.7. The third kappa shape index (κ3) is 8.74. The van der Waals surface area contributed by atoms with Gasteiger partial charge in [-0.1, -0.05) is 36.4 Å². The summed E-state index contributed by atoms with van der Waals surface area (Å²) in [7, 11) is 0. The van der Waals surface area contributed by atoms with E-state index in [9.17, 15) is 24.3 Å². The van der Waals surface area contributed by atoms with Crippen LogP contribution in [0.2, 0.25) is 0 Å². The highest BCUT2D eigenvalue weighted by molar-refractivity contribution is 6.01. The number of hydrogen-bond acceptors (Lipinski definition) is 8. The van der Waals surface area contributed by atoms with Crippen molar-refractivity contribution in [2.24, 2.45) is 0 Å². The number of ether oxygens (including phenoxy) is 2. The number of aliphatic hydroxyl groups excluding tert-OH is 1. The lowest BCUT2D eigenvalue weighted by Gasteiger charge is -2.26. The monoisotopic (exact) mass is 567 g/mol. The topological polar surface area (TPSA) is 158 Å². The molecule has 5 N–H and O–H groups in total. The summed E-state index contributed by atoms with van der Waals surface area (Å²) in [5, 5.41) is 20.6. The van der Waals surface area contributed by atoms with Crippen LogP contribution in [0.5, 0.6) is 5.75 Å². The number of carbonyl (C=O) groups excluding carboxylic acids is 4. The van der Waals surface area contributed by atoms with E-state index in [1.54, 1.807) is 24.3 Å². The second kappa shape index (κ2) is 14.6. The minimum Gasteiger partial charge on any atom is -0.491 e. The molecular formula is C29H37N5O7. The maximum absolute atomic E-state index is 13.2. The Morgan fingerprint density at radius 3 is 2.46 bits per heavy atom. The van der Waals surface area contributed by atoms with Crippen LogP contribution in [0.15, 0.2) is 48.5 Å². The number of nitrogens with one attached hydrogen (secondary N) is 4. The van der Waals surface area contributed by atoms with Gasteiger partial charge in [-0.05, 0) is 30.2 Å². The second-order valence-electron chi connectivity index (χ2n) is 10.1. The van der Waals surface area contributed by atoms with Crippen LogP contribution in [0.3, 0.4) is 0 Å². The summed E-state index contributed by atoms with van der Waals surface area (Å²) in [5.74, 6) is -2.17. The summed E-state index contributed by atoms with van der Waals surface area (Å²) >= 11 is 0. The van der Waals surface area contributed by atoms with Crippen molar-refractivity contribution < 1.29 is 33.8 Å². The number of benzene rings is 2. The highest BCUT2D eigenvalue weighted by Gasteiger charge is 2.30. The zero-order valence-electron chi connectivity index (χ0n) is 23.1. The van der Waals surface area contributed by atoms with E-state index in [4.69, 9.17) is 9.47 Å². The molecule has 0 aromatic heterocycles. The first kappa shape index (κ1) is 30.0. The first-order valence-corrected chi connectivity index (χ1v) is 13.7. The molecule has 12 nitrogen and oxygen atoms in total. The minimum absolute atomic E-state index is 0.0473. The number of para-hydroxylation sites is 1. The van der Waals surface area contributed by atoms with E-state index in [2.05, 4.69) is 26.2 Å². The molecule has 4 rings (SSSR count). The van der Waals surface area contributed by atoms with E-state index in [1.165, 1.54) is 6.92 Å². The summed E-state index contributed by atoms with van der Waals surface area (Å²) in [4.78, 5) is 54.2. The fraction of sp³-hybridized carbons (Fsp3) is 0.448.